The lowest BCUT2D eigenvalue weighted by Gasteiger charge is -2.20. The molecule has 0 saturated carbocycles. The van der Waals surface area contributed by atoms with E-state index < -0.39 is 27.9 Å². The van der Waals surface area contributed by atoms with Crippen LogP contribution in [0.25, 0.3) is 0 Å². The summed E-state index contributed by atoms with van der Waals surface area (Å²) in [6, 6.07) is 4.11. The Morgan fingerprint density at radius 2 is 1.92 bits per heavy atom. The number of nitrogens with zero attached hydrogens (tertiary/aromatic N) is 1. The first kappa shape index (κ1) is 21.1. The van der Waals surface area contributed by atoms with Crippen LogP contribution in [0.5, 0.6) is 0 Å². The number of carbonyl (C=O) groups excluding carboxylic acids is 1. The lowest BCUT2D eigenvalue weighted by molar-refractivity contribution is -0.141. The molecule has 1 atom stereocenters. The average Bonchev–Trinajstić information content (AvgIpc) is 2.54. The molecule has 0 heterocycles. The fourth-order valence-electron chi connectivity index (χ4n) is 2.13. The van der Waals surface area contributed by atoms with Crippen LogP contribution >= 0.6 is 0 Å². The molecule has 1 aromatic carbocycles. The minimum atomic E-state index is -3.97. The van der Waals surface area contributed by atoms with Crippen LogP contribution in [0.3, 0.4) is 0 Å². The Morgan fingerprint density at radius 1 is 1.28 bits per heavy atom. The zero-order valence-electron chi connectivity index (χ0n) is 14.7. The Labute approximate surface area is 147 Å². The van der Waals surface area contributed by atoms with Gasteiger partial charge in [0.1, 0.15) is 0 Å². The standard InChI is InChI=1S/C16H23NO7S/c1-5-24-16(20)13-6-12(10-23-4)7-14(8-13)25(21,22)17(3)9-11(2)15(18)19/h6-8,11H,5,9-10H2,1-4H3,(H,18,19). The maximum atomic E-state index is 12.7. The highest BCUT2D eigenvalue weighted by molar-refractivity contribution is 7.89. The molecule has 140 valence electrons. The van der Waals surface area contributed by atoms with Crippen molar-refractivity contribution in [2.45, 2.75) is 25.3 Å². The van der Waals surface area contributed by atoms with Gasteiger partial charge in [-0.25, -0.2) is 17.5 Å². The van der Waals surface area contributed by atoms with E-state index in [2.05, 4.69) is 0 Å². The van der Waals surface area contributed by atoms with Crippen molar-refractivity contribution in [1.29, 1.82) is 0 Å². The van der Waals surface area contributed by atoms with Gasteiger partial charge in [0.05, 0.1) is 29.6 Å². The largest absolute Gasteiger partial charge is 0.481 e. The Balaban J connectivity index is 3.28. The fraction of sp³-hybridized carbons (Fsp3) is 0.500. The lowest BCUT2D eigenvalue weighted by Crippen LogP contribution is -2.33. The predicted octanol–water partition coefficient (Wildman–Crippen LogP) is 1.35. The van der Waals surface area contributed by atoms with Crippen LogP contribution < -0.4 is 0 Å². The Kier molecular flexibility index (Phi) is 7.53. The summed E-state index contributed by atoms with van der Waals surface area (Å²) < 4.78 is 36.3. The summed E-state index contributed by atoms with van der Waals surface area (Å²) in [7, 11) is -1.23. The second-order valence-electron chi connectivity index (χ2n) is 5.54. The monoisotopic (exact) mass is 373 g/mol. The van der Waals surface area contributed by atoms with E-state index in [-0.39, 0.29) is 30.2 Å². The third kappa shape index (κ3) is 5.52. The molecular formula is C16H23NO7S. The van der Waals surface area contributed by atoms with Crippen LogP contribution in [0.2, 0.25) is 0 Å². The van der Waals surface area contributed by atoms with E-state index in [1.165, 1.54) is 39.3 Å². The highest BCUT2D eigenvalue weighted by Gasteiger charge is 2.26. The minimum Gasteiger partial charge on any atom is -0.481 e. The number of esters is 1. The number of rotatable bonds is 9. The second kappa shape index (κ2) is 8.93. The van der Waals surface area contributed by atoms with Crippen molar-refractivity contribution in [3.05, 3.63) is 29.3 Å². The van der Waals surface area contributed by atoms with E-state index in [4.69, 9.17) is 14.6 Å². The van der Waals surface area contributed by atoms with Gasteiger partial charge in [-0.15, -0.1) is 0 Å². The van der Waals surface area contributed by atoms with E-state index in [1.54, 1.807) is 6.92 Å². The zero-order chi connectivity index (χ0) is 19.2. The van der Waals surface area contributed by atoms with Gasteiger partial charge in [0.15, 0.2) is 0 Å². The zero-order valence-corrected chi connectivity index (χ0v) is 15.5. The van der Waals surface area contributed by atoms with Gasteiger partial charge in [-0.2, -0.15) is 0 Å². The van der Waals surface area contributed by atoms with Crippen molar-refractivity contribution in [2.75, 3.05) is 27.3 Å². The number of hydrogen-bond donors (Lipinski definition) is 1. The maximum Gasteiger partial charge on any atom is 0.338 e. The molecule has 1 unspecified atom stereocenters. The summed E-state index contributed by atoms with van der Waals surface area (Å²) in [6.07, 6.45) is 0. The van der Waals surface area contributed by atoms with Crippen molar-refractivity contribution in [1.82, 2.24) is 4.31 Å². The van der Waals surface area contributed by atoms with Gasteiger partial charge in [0.25, 0.3) is 0 Å². The summed E-state index contributed by atoms with van der Waals surface area (Å²) >= 11 is 0. The first-order chi connectivity index (χ1) is 11.6. The van der Waals surface area contributed by atoms with E-state index in [0.717, 1.165) is 4.31 Å². The Hall–Kier alpha value is -1.97. The van der Waals surface area contributed by atoms with Crippen LogP contribution in [-0.4, -0.2) is 57.1 Å². The molecule has 0 amide bonds. The van der Waals surface area contributed by atoms with Gasteiger partial charge in [-0.1, -0.05) is 6.92 Å². The van der Waals surface area contributed by atoms with Gasteiger partial charge in [-0.05, 0) is 30.7 Å². The topological polar surface area (TPSA) is 110 Å². The summed E-state index contributed by atoms with van der Waals surface area (Å²) in [5.41, 5.74) is 0.584. The minimum absolute atomic E-state index is 0.0923. The first-order valence-electron chi connectivity index (χ1n) is 7.62. The number of hydrogen-bond acceptors (Lipinski definition) is 6. The molecule has 1 N–H and O–H groups in total. The second-order valence-corrected chi connectivity index (χ2v) is 7.59. The number of carboxylic acids is 1. The number of aliphatic carboxylic acids is 1. The fourth-order valence-corrected chi connectivity index (χ4v) is 3.49. The number of ether oxygens (including phenoxy) is 2. The number of carbonyl (C=O) groups is 2. The number of benzene rings is 1. The molecule has 8 nitrogen and oxygen atoms in total. The van der Waals surface area contributed by atoms with Gasteiger partial charge in [0, 0.05) is 20.7 Å². The van der Waals surface area contributed by atoms with Crippen molar-refractivity contribution in [3.8, 4) is 0 Å². The van der Waals surface area contributed by atoms with Crippen LogP contribution in [0.4, 0.5) is 0 Å². The predicted molar refractivity (Wildman–Crippen MR) is 89.7 cm³/mol. The molecule has 0 aliphatic heterocycles. The third-order valence-electron chi connectivity index (χ3n) is 3.45. The normalized spacial score (nSPS) is 12.8. The van der Waals surface area contributed by atoms with E-state index in [9.17, 15) is 18.0 Å². The van der Waals surface area contributed by atoms with Gasteiger partial charge in [-0.3, -0.25) is 4.79 Å². The number of sulfonamides is 1. The summed E-state index contributed by atoms with van der Waals surface area (Å²) in [4.78, 5) is 22.8. The van der Waals surface area contributed by atoms with E-state index >= 15 is 0 Å². The Bertz CT molecular complexity index is 730. The molecule has 1 rings (SSSR count). The van der Waals surface area contributed by atoms with Gasteiger partial charge in [0.2, 0.25) is 10.0 Å². The quantitative estimate of drug-likeness (QED) is 0.651. The molecule has 0 spiro atoms. The molecule has 0 aliphatic rings. The molecule has 25 heavy (non-hydrogen) atoms. The van der Waals surface area contributed by atoms with Gasteiger partial charge < -0.3 is 14.6 Å². The van der Waals surface area contributed by atoms with Crippen molar-refractivity contribution < 1.29 is 32.6 Å². The number of carboxylic acid groups (broad SMARTS) is 1. The highest BCUT2D eigenvalue weighted by Crippen LogP contribution is 2.21. The number of methoxy groups -OCH3 is 1. The Morgan fingerprint density at radius 3 is 2.44 bits per heavy atom. The third-order valence-corrected chi connectivity index (χ3v) is 5.25. The first-order valence-corrected chi connectivity index (χ1v) is 9.06. The summed E-state index contributed by atoms with van der Waals surface area (Å²) in [5, 5.41) is 8.96. The molecule has 0 aromatic heterocycles. The molecule has 0 aliphatic carbocycles. The van der Waals surface area contributed by atoms with Gasteiger partial charge >= 0.3 is 11.9 Å². The molecule has 1 aromatic rings. The SMILES string of the molecule is CCOC(=O)c1cc(COC)cc(S(=O)(=O)N(C)CC(C)C(=O)O)c1. The lowest BCUT2D eigenvalue weighted by atomic mass is 10.1. The van der Waals surface area contributed by atoms with Crippen molar-refractivity contribution in [2.24, 2.45) is 5.92 Å². The molecule has 0 saturated heterocycles. The van der Waals surface area contributed by atoms with Crippen LogP contribution in [0.1, 0.15) is 29.8 Å². The van der Waals surface area contributed by atoms with Crippen LogP contribution in [0, 0.1) is 5.92 Å². The molecule has 0 fully saturated rings. The molecule has 0 bridgehead atoms. The maximum absolute atomic E-state index is 12.7. The summed E-state index contributed by atoms with van der Waals surface area (Å²) in [6.45, 7) is 3.15. The summed E-state index contributed by atoms with van der Waals surface area (Å²) in [5.74, 6) is -2.60. The van der Waals surface area contributed by atoms with Crippen molar-refractivity contribution in [3.63, 3.8) is 0 Å². The smallest absolute Gasteiger partial charge is 0.338 e. The van der Waals surface area contributed by atoms with E-state index in [1.807, 2.05) is 0 Å². The highest BCUT2D eigenvalue weighted by atomic mass is 32.2. The van der Waals surface area contributed by atoms with E-state index in [0.29, 0.717) is 5.56 Å². The molecule has 0 radical (unpaired) electrons. The van der Waals surface area contributed by atoms with Crippen molar-refractivity contribution >= 4 is 22.0 Å². The average molecular weight is 373 g/mol. The molecular weight excluding hydrogens is 350 g/mol. The van der Waals surface area contributed by atoms with Crippen LogP contribution in [-0.2, 0) is 30.9 Å². The molecule has 9 heteroatoms. The van der Waals surface area contributed by atoms with Crippen LogP contribution in [0.15, 0.2) is 23.1 Å².